The van der Waals surface area contributed by atoms with Crippen molar-refractivity contribution in [3.05, 3.63) is 35.7 Å². The van der Waals surface area contributed by atoms with Gasteiger partial charge in [0.25, 0.3) is 0 Å². The number of carbonyl (C=O) groups is 1. The van der Waals surface area contributed by atoms with Crippen molar-refractivity contribution in [2.75, 3.05) is 11.4 Å². The third-order valence-electron chi connectivity index (χ3n) is 4.05. The Balaban J connectivity index is 1.84. The molecule has 1 aliphatic heterocycles. The molecule has 8 heteroatoms. The van der Waals surface area contributed by atoms with E-state index in [0.717, 1.165) is 30.6 Å². The number of carboxylic acids is 1. The minimum Gasteiger partial charge on any atom is -0.480 e. The standard InChI is InChI=1S/C16H18N4O2S2/c21-14(22)12-6-1-2-7-20(12)11-5-3-4-10(8-11)9-13-17-15(23)19-16(24)18-13/h3-5,8,12H,1-2,6-7,9H2,(H,21,22)(H2,17,18,19,23,24). The summed E-state index contributed by atoms with van der Waals surface area (Å²) in [5.41, 5.74) is 1.93. The summed E-state index contributed by atoms with van der Waals surface area (Å²) in [7, 11) is 0. The highest BCUT2D eigenvalue weighted by Gasteiger charge is 2.28. The van der Waals surface area contributed by atoms with E-state index in [4.69, 9.17) is 0 Å². The van der Waals surface area contributed by atoms with E-state index in [1.165, 1.54) is 0 Å². The molecule has 0 radical (unpaired) electrons. The number of hydrogen-bond donors (Lipinski definition) is 3. The predicted octanol–water partition coefficient (Wildman–Crippen LogP) is 2.48. The van der Waals surface area contributed by atoms with Crippen molar-refractivity contribution in [1.82, 2.24) is 15.0 Å². The Labute approximate surface area is 151 Å². The molecule has 1 aromatic heterocycles. The van der Waals surface area contributed by atoms with E-state index in [1.54, 1.807) is 0 Å². The average Bonchev–Trinajstić information content (AvgIpc) is 2.54. The summed E-state index contributed by atoms with van der Waals surface area (Å²) in [6, 6.07) is 7.40. The van der Waals surface area contributed by atoms with Crippen LogP contribution in [0.25, 0.3) is 0 Å². The minimum absolute atomic E-state index is 0.336. The summed E-state index contributed by atoms with van der Waals surface area (Å²) in [4.78, 5) is 25.8. The van der Waals surface area contributed by atoms with Gasteiger partial charge in [-0.25, -0.2) is 14.8 Å². The SMILES string of the molecule is O=C(O)C1CCCCN1c1cccc(Cc2nc(S)nc(S)n2)c1. The Hall–Kier alpha value is -1.80. The number of aliphatic carboxylic acids is 1. The second kappa shape index (κ2) is 7.40. The lowest BCUT2D eigenvalue weighted by Crippen LogP contribution is -2.44. The first-order valence-corrected chi connectivity index (χ1v) is 8.63. The fourth-order valence-corrected chi connectivity index (χ4v) is 3.50. The monoisotopic (exact) mass is 362 g/mol. The van der Waals surface area contributed by atoms with Gasteiger partial charge in [0.1, 0.15) is 11.9 Å². The van der Waals surface area contributed by atoms with Gasteiger partial charge in [-0.15, -0.1) is 25.3 Å². The summed E-state index contributed by atoms with van der Waals surface area (Å²) >= 11 is 8.29. The van der Waals surface area contributed by atoms with E-state index < -0.39 is 12.0 Å². The Kier molecular flexibility index (Phi) is 5.25. The van der Waals surface area contributed by atoms with Crippen molar-refractivity contribution in [2.45, 2.75) is 42.0 Å². The van der Waals surface area contributed by atoms with E-state index in [0.29, 0.717) is 29.0 Å². The van der Waals surface area contributed by atoms with Crippen LogP contribution in [0.4, 0.5) is 5.69 Å². The van der Waals surface area contributed by atoms with Gasteiger partial charge in [-0.1, -0.05) is 12.1 Å². The molecule has 6 nitrogen and oxygen atoms in total. The number of thiol groups is 2. The molecule has 2 aromatic rings. The van der Waals surface area contributed by atoms with Gasteiger partial charge in [0.2, 0.25) is 0 Å². The van der Waals surface area contributed by atoms with Gasteiger partial charge in [-0.2, -0.15) is 4.98 Å². The van der Waals surface area contributed by atoms with Crippen LogP contribution in [0.5, 0.6) is 0 Å². The maximum Gasteiger partial charge on any atom is 0.326 e. The largest absolute Gasteiger partial charge is 0.480 e. The fraction of sp³-hybridized carbons (Fsp3) is 0.375. The molecule has 0 bridgehead atoms. The highest BCUT2D eigenvalue weighted by molar-refractivity contribution is 7.80. The van der Waals surface area contributed by atoms with Gasteiger partial charge < -0.3 is 10.0 Å². The van der Waals surface area contributed by atoms with Crippen LogP contribution in [-0.4, -0.2) is 38.6 Å². The molecule has 1 unspecified atom stereocenters. The molecule has 24 heavy (non-hydrogen) atoms. The molecule has 1 atom stereocenters. The molecule has 1 saturated heterocycles. The van der Waals surface area contributed by atoms with E-state index in [-0.39, 0.29) is 0 Å². The normalized spacial score (nSPS) is 17.8. The van der Waals surface area contributed by atoms with Crippen molar-refractivity contribution < 1.29 is 9.90 Å². The molecule has 1 aromatic carbocycles. The van der Waals surface area contributed by atoms with Crippen LogP contribution in [0.15, 0.2) is 34.6 Å². The molecular weight excluding hydrogens is 344 g/mol. The van der Waals surface area contributed by atoms with E-state index >= 15 is 0 Å². The van der Waals surface area contributed by atoms with Crippen LogP contribution < -0.4 is 4.90 Å². The molecule has 2 heterocycles. The predicted molar refractivity (Wildman–Crippen MR) is 96.2 cm³/mol. The second-order valence-corrected chi connectivity index (χ2v) is 6.54. The van der Waals surface area contributed by atoms with Crippen molar-refractivity contribution in [3.63, 3.8) is 0 Å². The summed E-state index contributed by atoms with van der Waals surface area (Å²) in [6.45, 7) is 0.758. The van der Waals surface area contributed by atoms with Crippen LogP contribution in [-0.2, 0) is 11.2 Å². The van der Waals surface area contributed by atoms with Gasteiger partial charge in [-0.05, 0) is 37.0 Å². The number of piperidine rings is 1. The zero-order chi connectivity index (χ0) is 17.1. The van der Waals surface area contributed by atoms with Crippen LogP contribution >= 0.6 is 25.3 Å². The maximum atomic E-state index is 11.5. The van der Waals surface area contributed by atoms with Crippen molar-refractivity contribution in [2.24, 2.45) is 0 Å². The third-order valence-corrected chi connectivity index (χ3v) is 4.45. The molecule has 0 spiro atoms. The zero-order valence-electron chi connectivity index (χ0n) is 13.0. The third kappa shape index (κ3) is 3.99. The number of aromatic nitrogens is 3. The van der Waals surface area contributed by atoms with Crippen LogP contribution in [0.2, 0.25) is 0 Å². The molecule has 1 aliphatic rings. The Morgan fingerprint density at radius 3 is 2.67 bits per heavy atom. The first-order valence-electron chi connectivity index (χ1n) is 7.74. The van der Waals surface area contributed by atoms with Crippen molar-refractivity contribution in [3.8, 4) is 0 Å². The number of hydrogen-bond acceptors (Lipinski definition) is 7. The Morgan fingerprint density at radius 1 is 1.21 bits per heavy atom. The number of anilines is 1. The zero-order valence-corrected chi connectivity index (χ0v) is 14.7. The lowest BCUT2D eigenvalue weighted by molar-refractivity contribution is -0.139. The molecule has 1 fully saturated rings. The maximum absolute atomic E-state index is 11.5. The number of nitrogens with zero attached hydrogens (tertiary/aromatic N) is 4. The van der Waals surface area contributed by atoms with E-state index in [9.17, 15) is 9.90 Å². The number of carboxylic acid groups (broad SMARTS) is 1. The highest BCUT2D eigenvalue weighted by Crippen LogP contribution is 2.26. The molecule has 126 valence electrons. The van der Waals surface area contributed by atoms with Gasteiger partial charge in [0, 0.05) is 18.7 Å². The average molecular weight is 362 g/mol. The molecule has 0 saturated carbocycles. The molecular formula is C16H18N4O2S2. The lowest BCUT2D eigenvalue weighted by atomic mass is 10.0. The van der Waals surface area contributed by atoms with Gasteiger partial charge in [0.15, 0.2) is 10.3 Å². The smallest absolute Gasteiger partial charge is 0.326 e. The van der Waals surface area contributed by atoms with E-state index in [2.05, 4.69) is 40.2 Å². The first-order chi connectivity index (χ1) is 11.5. The molecule has 0 amide bonds. The Morgan fingerprint density at radius 2 is 1.96 bits per heavy atom. The Bertz CT molecular complexity index is 736. The minimum atomic E-state index is -0.767. The van der Waals surface area contributed by atoms with E-state index in [1.807, 2.05) is 29.2 Å². The quantitative estimate of drug-likeness (QED) is 0.725. The number of benzene rings is 1. The van der Waals surface area contributed by atoms with Gasteiger partial charge in [-0.3, -0.25) is 0 Å². The fourth-order valence-electron chi connectivity index (χ4n) is 3.00. The van der Waals surface area contributed by atoms with Gasteiger partial charge in [0.05, 0.1) is 0 Å². The van der Waals surface area contributed by atoms with Crippen LogP contribution in [0.1, 0.15) is 30.7 Å². The molecule has 1 N–H and O–H groups in total. The van der Waals surface area contributed by atoms with Crippen molar-refractivity contribution in [1.29, 1.82) is 0 Å². The summed E-state index contributed by atoms with van der Waals surface area (Å²) < 4.78 is 0. The topological polar surface area (TPSA) is 79.2 Å². The number of rotatable bonds is 4. The highest BCUT2D eigenvalue weighted by atomic mass is 32.1. The second-order valence-electron chi connectivity index (χ2n) is 5.74. The van der Waals surface area contributed by atoms with Crippen LogP contribution in [0, 0.1) is 0 Å². The van der Waals surface area contributed by atoms with Gasteiger partial charge >= 0.3 is 5.97 Å². The molecule has 3 rings (SSSR count). The van der Waals surface area contributed by atoms with Crippen molar-refractivity contribution >= 4 is 36.9 Å². The summed E-state index contributed by atoms with van der Waals surface area (Å²) in [5.74, 6) is -0.178. The summed E-state index contributed by atoms with van der Waals surface area (Å²) in [6.07, 6.45) is 3.16. The van der Waals surface area contributed by atoms with Crippen LogP contribution in [0.3, 0.4) is 0 Å². The first kappa shape index (κ1) is 17.0. The lowest BCUT2D eigenvalue weighted by Gasteiger charge is -2.35. The molecule has 0 aliphatic carbocycles. The summed E-state index contributed by atoms with van der Waals surface area (Å²) in [5, 5.41) is 10.1.